The Morgan fingerprint density at radius 1 is 0.968 bits per heavy atom. The predicted molar refractivity (Wildman–Crippen MR) is 115 cm³/mol. The van der Waals surface area contributed by atoms with Gasteiger partial charge in [0.25, 0.3) is 17.2 Å². The highest BCUT2D eigenvalue weighted by Crippen LogP contribution is 2.28. The number of non-ortho nitro benzene ring substituents is 1. The molecule has 1 N–H and O–H groups in total. The second-order valence-corrected chi connectivity index (χ2v) is 6.62. The highest BCUT2D eigenvalue weighted by molar-refractivity contribution is 6.06. The van der Waals surface area contributed by atoms with Crippen molar-refractivity contribution in [2.45, 2.75) is 0 Å². The molecule has 1 amide bonds. The normalized spacial score (nSPS) is 10.4. The molecule has 150 valence electrons. The van der Waals surface area contributed by atoms with Crippen molar-refractivity contribution >= 4 is 28.2 Å². The minimum Gasteiger partial charge on any atom is -0.306 e. The lowest BCUT2D eigenvalue weighted by Crippen LogP contribution is -2.26. The van der Waals surface area contributed by atoms with Crippen molar-refractivity contribution in [3.05, 3.63) is 110 Å². The molecule has 31 heavy (non-hydrogen) atoms. The standard InChI is InChI=1S/C23H14N4O4/c24-14-20-18-12-11-17(27(30)31)13-19(18)23(29)26(16-9-5-2-6-10-16)21(20)25-22(28)15-7-3-1-4-8-15/h1-13H,(H,25,28). The van der Waals surface area contributed by atoms with Crippen molar-refractivity contribution < 1.29 is 9.72 Å². The van der Waals surface area contributed by atoms with Crippen LogP contribution in [0.3, 0.4) is 0 Å². The van der Waals surface area contributed by atoms with Gasteiger partial charge in [0, 0.05) is 23.1 Å². The number of anilines is 1. The average Bonchev–Trinajstić information content (AvgIpc) is 2.80. The van der Waals surface area contributed by atoms with Crippen molar-refractivity contribution in [2.75, 3.05) is 5.32 Å². The Kier molecular flexibility index (Phi) is 5.00. The summed E-state index contributed by atoms with van der Waals surface area (Å²) in [5, 5.41) is 24.0. The molecule has 0 aliphatic heterocycles. The van der Waals surface area contributed by atoms with E-state index in [1.165, 1.54) is 16.7 Å². The van der Waals surface area contributed by atoms with Crippen LogP contribution in [0.2, 0.25) is 0 Å². The number of nitrogens with one attached hydrogen (secondary N) is 1. The molecule has 0 aliphatic carbocycles. The SMILES string of the molecule is N#Cc1c(NC(=O)c2ccccc2)n(-c2ccccc2)c(=O)c2cc([N+](=O)[O-])ccc12. The molecule has 4 aromatic rings. The zero-order chi connectivity index (χ0) is 22.0. The number of nitro groups is 1. The maximum atomic E-state index is 13.4. The lowest BCUT2D eigenvalue weighted by molar-refractivity contribution is -0.384. The Labute approximate surface area is 175 Å². The summed E-state index contributed by atoms with van der Waals surface area (Å²) in [5.41, 5.74) is -0.0814. The van der Waals surface area contributed by atoms with Crippen LogP contribution in [0.4, 0.5) is 11.5 Å². The minimum atomic E-state index is -0.608. The molecule has 0 unspecified atom stereocenters. The van der Waals surface area contributed by atoms with Gasteiger partial charge in [-0.2, -0.15) is 5.26 Å². The van der Waals surface area contributed by atoms with E-state index in [2.05, 4.69) is 5.32 Å². The first-order valence-corrected chi connectivity index (χ1v) is 9.20. The van der Waals surface area contributed by atoms with Gasteiger partial charge in [0.05, 0.1) is 16.0 Å². The Bertz CT molecular complexity index is 1420. The molecule has 0 spiro atoms. The second kappa shape index (κ2) is 7.93. The van der Waals surface area contributed by atoms with Gasteiger partial charge in [-0.3, -0.25) is 24.3 Å². The number of hydrogen-bond donors (Lipinski definition) is 1. The van der Waals surface area contributed by atoms with E-state index in [-0.39, 0.29) is 27.8 Å². The van der Waals surface area contributed by atoms with Gasteiger partial charge in [0.1, 0.15) is 17.5 Å². The van der Waals surface area contributed by atoms with Crippen molar-refractivity contribution in [2.24, 2.45) is 0 Å². The molecule has 0 atom stereocenters. The monoisotopic (exact) mass is 410 g/mol. The third-order valence-corrected chi connectivity index (χ3v) is 4.77. The number of amides is 1. The van der Waals surface area contributed by atoms with E-state index in [4.69, 9.17) is 0 Å². The van der Waals surface area contributed by atoms with Crippen LogP contribution < -0.4 is 10.9 Å². The molecule has 0 fully saturated rings. The number of carbonyl (C=O) groups excluding carboxylic acids is 1. The molecule has 0 aliphatic rings. The molecular formula is C23H14N4O4. The molecule has 0 radical (unpaired) electrons. The Balaban J connectivity index is 2.04. The number of nitro benzene ring substituents is 1. The van der Waals surface area contributed by atoms with Crippen LogP contribution in [-0.4, -0.2) is 15.4 Å². The third kappa shape index (κ3) is 3.52. The van der Waals surface area contributed by atoms with Gasteiger partial charge in [-0.05, 0) is 30.3 Å². The number of hydrogen-bond acceptors (Lipinski definition) is 5. The fraction of sp³-hybridized carbons (Fsp3) is 0. The van der Waals surface area contributed by atoms with Gasteiger partial charge < -0.3 is 5.32 Å². The largest absolute Gasteiger partial charge is 0.306 e. The fourth-order valence-electron chi connectivity index (χ4n) is 3.33. The highest BCUT2D eigenvalue weighted by Gasteiger charge is 2.22. The van der Waals surface area contributed by atoms with Crippen molar-refractivity contribution in [1.29, 1.82) is 5.26 Å². The highest BCUT2D eigenvalue weighted by atomic mass is 16.6. The summed E-state index contributed by atoms with van der Waals surface area (Å²) < 4.78 is 1.19. The van der Waals surface area contributed by atoms with Gasteiger partial charge in [0.2, 0.25) is 0 Å². The Morgan fingerprint density at radius 2 is 1.61 bits per heavy atom. The predicted octanol–water partition coefficient (Wildman–Crippen LogP) is 4.02. The summed E-state index contributed by atoms with van der Waals surface area (Å²) in [5.74, 6) is -0.503. The smallest absolute Gasteiger partial charge is 0.270 e. The summed E-state index contributed by atoms with van der Waals surface area (Å²) in [6.07, 6.45) is 0. The molecule has 0 saturated carbocycles. The van der Waals surface area contributed by atoms with Crippen molar-refractivity contribution in [3.8, 4) is 11.8 Å². The first-order valence-electron chi connectivity index (χ1n) is 9.20. The summed E-state index contributed by atoms with van der Waals surface area (Å²) in [4.78, 5) is 36.8. The number of fused-ring (bicyclic) bond motifs is 1. The summed E-state index contributed by atoms with van der Waals surface area (Å²) in [6.45, 7) is 0. The van der Waals surface area contributed by atoms with Crippen LogP contribution in [0, 0.1) is 21.4 Å². The van der Waals surface area contributed by atoms with Crippen LogP contribution in [0.1, 0.15) is 15.9 Å². The number of carbonyl (C=O) groups is 1. The van der Waals surface area contributed by atoms with Crippen molar-refractivity contribution in [3.63, 3.8) is 0 Å². The van der Waals surface area contributed by atoms with Gasteiger partial charge in [-0.15, -0.1) is 0 Å². The van der Waals surface area contributed by atoms with Gasteiger partial charge >= 0.3 is 0 Å². The maximum Gasteiger partial charge on any atom is 0.270 e. The molecular weight excluding hydrogens is 396 g/mol. The van der Waals surface area contributed by atoms with E-state index in [1.54, 1.807) is 60.7 Å². The van der Waals surface area contributed by atoms with Crippen LogP contribution in [0.5, 0.6) is 0 Å². The summed E-state index contributed by atoms with van der Waals surface area (Å²) in [7, 11) is 0. The van der Waals surface area contributed by atoms with E-state index in [9.17, 15) is 25.0 Å². The Morgan fingerprint density at radius 3 is 2.23 bits per heavy atom. The second-order valence-electron chi connectivity index (χ2n) is 6.62. The molecule has 0 bridgehead atoms. The molecule has 8 heteroatoms. The number of pyridine rings is 1. The number of aromatic nitrogens is 1. The topological polar surface area (TPSA) is 118 Å². The number of para-hydroxylation sites is 1. The lowest BCUT2D eigenvalue weighted by atomic mass is 10.1. The molecule has 1 heterocycles. The quantitative estimate of drug-likeness (QED) is 0.403. The van der Waals surface area contributed by atoms with E-state index < -0.39 is 16.4 Å². The van der Waals surface area contributed by atoms with Crippen LogP contribution >= 0.6 is 0 Å². The van der Waals surface area contributed by atoms with E-state index >= 15 is 0 Å². The van der Waals surface area contributed by atoms with Crippen LogP contribution in [0.15, 0.2) is 83.7 Å². The molecule has 8 nitrogen and oxygen atoms in total. The van der Waals surface area contributed by atoms with Crippen molar-refractivity contribution in [1.82, 2.24) is 4.57 Å². The third-order valence-electron chi connectivity index (χ3n) is 4.77. The van der Waals surface area contributed by atoms with Gasteiger partial charge in [-0.25, -0.2) is 0 Å². The van der Waals surface area contributed by atoms with Gasteiger partial charge in [0.15, 0.2) is 0 Å². The first-order chi connectivity index (χ1) is 15.0. The van der Waals surface area contributed by atoms with E-state index in [1.807, 2.05) is 6.07 Å². The summed E-state index contributed by atoms with van der Waals surface area (Å²) in [6, 6.07) is 22.6. The minimum absolute atomic E-state index is 0.00564. The number of nitrogens with zero attached hydrogens (tertiary/aromatic N) is 3. The average molecular weight is 410 g/mol. The molecule has 3 aromatic carbocycles. The molecule has 0 saturated heterocycles. The van der Waals surface area contributed by atoms with Crippen LogP contribution in [-0.2, 0) is 0 Å². The molecule has 1 aromatic heterocycles. The van der Waals surface area contributed by atoms with Crippen LogP contribution in [0.25, 0.3) is 16.5 Å². The summed E-state index contributed by atoms with van der Waals surface area (Å²) >= 11 is 0. The van der Waals surface area contributed by atoms with E-state index in [0.29, 0.717) is 11.3 Å². The number of rotatable bonds is 4. The maximum absolute atomic E-state index is 13.4. The Hall–Kier alpha value is -4.77. The number of nitriles is 1. The number of benzene rings is 3. The zero-order valence-electron chi connectivity index (χ0n) is 16.0. The molecule has 4 rings (SSSR count). The lowest BCUT2D eigenvalue weighted by Gasteiger charge is -2.17. The van der Waals surface area contributed by atoms with E-state index in [0.717, 1.165) is 6.07 Å². The van der Waals surface area contributed by atoms with Gasteiger partial charge in [-0.1, -0.05) is 36.4 Å². The zero-order valence-corrected chi connectivity index (χ0v) is 16.0. The first kappa shape index (κ1) is 19.5. The fourth-order valence-corrected chi connectivity index (χ4v) is 3.33.